The monoisotopic (exact) mass is 291 g/mol. The van der Waals surface area contributed by atoms with Crippen molar-refractivity contribution in [3.8, 4) is 0 Å². The van der Waals surface area contributed by atoms with Crippen molar-refractivity contribution < 1.29 is 9.59 Å². The second-order valence-corrected chi connectivity index (χ2v) is 5.58. The average Bonchev–Trinajstić information content (AvgIpc) is 2.45. The Morgan fingerprint density at radius 3 is 2.10 bits per heavy atom. The second kappa shape index (κ2) is 7.22. The average molecular weight is 291 g/mol. The summed E-state index contributed by atoms with van der Waals surface area (Å²) in [6, 6.07) is 7.27. The molecule has 0 aliphatic carbocycles. The summed E-state index contributed by atoms with van der Waals surface area (Å²) in [6.07, 6.45) is 0. The van der Waals surface area contributed by atoms with Gasteiger partial charge in [-0.2, -0.15) is 0 Å². The van der Waals surface area contributed by atoms with Crippen LogP contribution in [-0.4, -0.2) is 35.3 Å². The van der Waals surface area contributed by atoms with Gasteiger partial charge in [-0.3, -0.25) is 9.59 Å². The summed E-state index contributed by atoms with van der Waals surface area (Å²) in [4.78, 5) is 25.6. The summed E-state index contributed by atoms with van der Waals surface area (Å²) in [5, 5.41) is 2.77. The number of nitrogens with zero attached hydrogens (tertiary/aromatic N) is 1. The van der Waals surface area contributed by atoms with E-state index in [4.69, 9.17) is 5.73 Å². The first kappa shape index (κ1) is 17.2. The van der Waals surface area contributed by atoms with E-state index >= 15 is 0 Å². The fourth-order valence-corrected chi connectivity index (χ4v) is 1.87. The van der Waals surface area contributed by atoms with Gasteiger partial charge in [0, 0.05) is 25.2 Å². The topological polar surface area (TPSA) is 75.4 Å². The third kappa shape index (κ3) is 4.86. The van der Waals surface area contributed by atoms with E-state index in [1.807, 2.05) is 26.0 Å². The molecule has 0 atom stereocenters. The van der Waals surface area contributed by atoms with E-state index in [1.54, 1.807) is 30.9 Å². The van der Waals surface area contributed by atoms with Gasteiger partial charge in [0.2, 0.25) is 5.91 Å². The zero-order chi connectivity index (χ0) is 16.0. The fraction of sp³-hybridized carbons (Fsp3) is 0.500. The smallest absolute Gasteiger partial charge is 0.253 e. The summed E-state index contributed by atoms with van der Waals surface area (Å²) in [5.74, 6) is -0.176. The molecule has 1 rings (SSSR count). The van der Waals surface area contributed by atoms with Gasteiger partial charge in [-0.05, 0) is 45.4 Å². The van der Waals surface area contributed by atoms with E-state index in [1.165, 1.54) is 0 Å². The Bertz CT molecular complexity index is 485. The molecule has 0 unspecified atom stereocenters. The minimum atomic E-state index is -0.890. The van der Waals surface area contributed by atoms with Gasteiger partial charge in [-0.25, -0.2) is 0 Å². The second-order valence-electron chi connectivity index (χ2n) is 5.58. The molecule has 5 nitrogen and oxygen atoms in total. The Hall–Kier alpha value is -1.88. The highest BCUT2D eigenvalue weighted by atomic mass is 16.2. The maximum absolute atomic E-state index is 12.2. The molecule has 1 aromatic rings. The van der Waals surface area contributed by atoms with Crippen molar-refractivity contribution >= 4 is 11.8 Å². The van der Waals surface area contributed by atoms with E-state index in [2.05, 4.69) is 5.32 Å². The van der Waals surface area contributed by atoms with E-state index in [0.717, 1.165) is 5.56 Å². The lowest BCUT2D eigenvalue weighted by Gasteiger charge is -2.19. The standard InChI is InChI=1S/C16H25N3O2/c1-5-19(6-2)14(20)13-9-7-12(8-10-13)11-18-15(21)16(3,4)17/h7-10H,5-6,11,17H2,1-4H3,(H,18,21). The molecule has 0 aliphatic heterocycles. The lowest BCUT2D eigenvalue weighted by atomic mass is 10.1. The minimum absolute atomic E-state index is 0.0266. The van der Waals surface area contributed by atoms with Crippen molar-refractivity contribution in [1.82, 2.24) is 10.2 Å². The number of benzene rings is 1. The third-order valence-corrected chi connectivity index (χ3v) is 3.29. The normalized spacial score (nSPS) is 11.1. The quantitative estimate of drug-likeness (QED) is 0.834. The van der Waals surface area contributed by atoms with Gasteiger partial charge in [-0.15, -0.1) is 0 Å². The number of hydrogen-bond acceptors (Lipinski definition) is 3. The van der Waals surface area contributed by atoms with Gasteiger partial charge < -0.3 is 16.0 Å². The molecular weight excluding hydrogens is 266 g/mol. The summed E-state index contributed by atoms with van der Waals surface area (Å²) >= 11 is 0. The Morgan fingerprint density at radius 2 is 1.67 bits per heavy atom. The molecule has 0 heterocycles. The molecule has 3 N–H and O–H groups in total. The van der Waals surface area contributed by atoms with Crippen molar-refractivity contribution in [2.45, 2.75) is 39.8 Å². The van der Waals surface area contributed by atoms with Gasteiger partial charge in [0.1, 0.15) is 0 Å². The van der Waals surface area contributed by atoms with Crippen LogP contribution in [0.4, 0.5) is 0 Å². The van der Waals surface area contributed by atoms with Crippen LogP contribution < -0.4 is 11.1 Å². The van der Waals surface area contributed by atoms with Crippen LogP contribution in [0.1, 0.15) is 43.6 Å². The van der Waals surface area contributed by atoms with Crippen LogP contribution >= 0.6 is 0 Å². The number of carbonyl (C=O) groups excluding carboxylic acids is 2. The molecule has 0 saturated heterocycles. The summed E-state index contributed by atoms with van der Waals surface area (Å²) in [7, 11) is 0. The van der Waals surface area contributed by atoms with E-state index in [9.17, 15) is 9.59 Å². The highest BCUT2D eigenvalue weighted by molar-refractivity contribution is 5.94. The maximum atomic E-state index is 12.2. The first-order valence-corrected chi connectivity index (χ1v) is 7.25. The lowest BCUT2D eigenvalue weighted by molar-refractivity contribution is -0.125. The molecule has 0 saturated carbocycles. The Morgan fingerprint density at radius 1 is 1.14 bits per heavy atom. The lowest BCUT2D eigenvalue weighted by Crippen LogP contribution is -2.48. The molecule has 116 valence electrons. The fourth-order valence-electron chi connectivity index (χ4n) is 1.87. The van der Waals surface area contributed by atoms with Gasteiger partial charge in [0.25, 0.3) is 5.91 Å². The molecule has 0 bridgehead atoms. The summed E-state index contributed by atoms with van der Waals surface area (Å²) in [6.45, 7) is 9.03. The van der Waals surface area contributed by atoms with Crippen molar-refractivity contribution in [3.63, 3.8) is 0 Å². The molecule has 0 spiro atoms. The van der Waals surface area contributed by atoms with Crippen molar-refractivity contribution in [2.75, 3.05) is 13.1 Å². The predicted molar refractivity (Wildman–Crippen MR) is 83.8 cm³/mol. The number of nitrogens with two attached hydrogens (primary N) is 1. The Labute approximate surface area is 126 Å². The zero-order valence-corrected chi connectivity index (χ0v) is 13.3. The van der Waals surface area contributed by atoms with Crippen LogP contribution in [0.15, 0.2) is 24.3 Å². The highest BCUT2D eigenvalue weighted by Crippen LogP contribution is 2.08. The van der Waals surface area contributed by atoms with Crippen molar-refractivity contribution in [2.24, 2.45) is 5.73 Å². The molecule has 0 aliphatic rings. The first-order chi connectivity index (χ1) is 9.79. The molecule has 1 aromatic carbocycles. The molecule has 5 heteroatoms. The Kier molecular flexibility index (Phi) is 5.90. The van der Waals surface area contributed by atoms with Crippen LogP contribution in [0, 0.1) is 0 Å². The van der Waals surface area contributed by atoms with Crippen LogP contribution in [0.5, 0.6) is 0 Å². The first-order valence-electron chi connectivity index (χ1n) is 7.25. The van der Waals surface area contributed by atoms with Crippen LogP contribution in [-0.2, 0) is 11.3 Å². The van der Waals surface area contributed by atoms with E-state index in [-0.39, 0.29) is 11.8 Å². The molecular formula is C16H25N3O2. The number of carbonyl (C=O) groups is 2. The summed E-state index contributed by atoms with van der Waals surface area (Å²) in [5.41, 5.74) is 6.41. The van der Waals surface area contributed by atoms with Gasteiger partial charge >= 0.3 is 0 Å². The highest BCUT2D eigenvalue weighted by Gasteiger charge is 2.21. The Balaban J connectivity index is 2.66. The largest absolute Gasteiger partial charge is 0.350 e. The van der Waals surface area contributed by atoms with Crippen LogP contribution in [0.25, 0.3) is 0 Å². The SMILES string of the molecule is CCN(CC)C(=O)c1ccc(CNC(=O)C(C)(C)N)cc1. The van der Waals surface area contributed by atoms with E-state index in [0.29, 0.717) is 25.2 Å². The molecule has 2 amide bonds. The number of nitrogens with one attached hydrogen (secondary N) is 1. The number of hydrogen-bond donors (Lipinski definition) is 2. The van der Waals surface area contributed by atoms with Crippen LogP contribution in [0.3, 0.4) is 0 Å². The molecule has 0 radical (unpaired) electrons. The van der Waals surface area contributed by atoms with Crippen molar-refractivity contribution in [3.05, 3.63) is 35.4 Å². The van der Waals surface area contributed by atoms with E-state index < -0.39 is 5.54 Å². The maximum Gasteiger partial charge on any atom is 0.253 e. The number of rotatable bonds is 6. The molecule has 21 heavy (non-hydrogen) atoms. The number of amides is 2. The predicted octanol–water partition coefficient (Wildman–Crippen LogP) is 1.52. The molecule has 0 aromatic heterocycles. The van der Waals surface area contributed by atoms with Gasteiger partial charge in [-0.1, -0.05) is 12.1 Å². The third-order valence-electron chi connectivity index (χ3n) is 3.29. The minimum Gasteiger partial charge on any atom is -0.350 e. The molecule has 0 fully saturated rings. The zero-order valence-electron chi connectivity index (χ0n) is 13.3. The van der Waals surface area contributed by atoms with Crippen LogP contribution in [0.2, 0.25) is 0 Å². The van der Waals surface area contributed by atoms with Crippen molar-refractivity contribution in [1.29, 1.82) is 0 Å². The van der Waals surface area contributed by atoms with Gasteiger partial charge in [0.15, 0.2) is 0 Å². The van der Waals surface area contributed by atoms with Gasteiger partial charge in [0.05, 0.1) is 5.54 Å². The summed E-state index contributed by atoms with van der Waals surface area (Å²) < 4.78 is 0.